The molecule has 118 valence electrons. The number of ketones is 1. The van der Waals surface area contributed by atoms with Crippen molar-refractivity contribution < 1.29 is 4.79 Å². The summed E-state index contributed by atoms with van der Waals surface area (Å²) >= 11 is 0. The first kappa shape index (κ1) is 14.2. The number of hydrazone groups is 1. The summed E-state index contributed by atoms with van der Waals surface area (Å²) in [6.07, 6.45) is 13.2. The molecule has 5 atom stereocenters. The topological polar surface area (TPSA) is 55.4 Å². The lowest BCUT2D eigenvalue weighted by Crippen LogP contribution is -2.49. The Balaban J connectivity index is 1.71. The molecular formula is C19H26N2O. The van der Waals surface area contributed by atoms with E-state index < -0.39 is 0 Å². The van der Waals surface area contributed by atoms with E-state index in [4.69, 9.17) is 5.84 Å². The average molecular weight is 298 g/mol. The highest BCUT2D eigenvalue weighted by Gasteiger charge is 2.58. The number of fused-ring (bicyclic) bond motifs is 5. The fourth-order valence-corrected chi connectivity index (χ4v) is 6.06. The number of carbonyl (C=O) groups is 1. The van der Waals surface area contributed by atoms with Gasteiger partial charge in [0.1, 0.15) is 5.78 Å². The van der Waals surface area contributed by atoms with Gasteiger partial charge in [0.25, 0.3) is 0 Å². The lowest BCUT2D eigenvalue weighted by atomic mass is 9.48. The van der Waals surface area contributed by atoms with Crippen LogP contribution in [0.25, 0.3) is 0 Å². The van der Waals surface area contributed by atoms with Crippen LogP contribution < -0.4 is 5.84 Å². The van der Waals surface area contributed by atoms with Crippen molar-refractivity contribution in [2.45, 2.75) is 52.4 Å². The average Bonchev–Trinajstić information content (AvgIpc) is 2.82. The fraction of sp³-hybridized carbons (Fsp3) is 0.684. The molecule has 0 amide bonds. The van der Waals surface area contributed by atoms with Crippen LogP contribution in [-0.4, -0.2) is 11.5 Å². The van der Waals surface area contributed by atoms with Gasteiger partial charge in [0.2, 0.25) is 0 Å². The first-order valence-corrected chi connectivity index (χ1v) is 8.70. The molecule has 3 heteroatoms. The Morgan fingerprint density at radius 2 is 2.00 bits per heavy atom. The highest BCUT2D eigenvalue weighted by atomic mass is 16.1. The number of rotatable bonds is 0. The van der Waals surface area contributed by atoms with Gasteiger partial charge in [-0.3, -0.25) is 4.79 Å². The van der Waals surface area contributed by atoms with Crippen LogP contribution in [0.2, 0.25) is 0 Å². The number of allylic oxidation sites excluding steroid dienone is 4. The minimum absolute atomic E-state index is 0.0268. The van der Waals surface area contributed by atoms with Gasteiger partial charge in [-0.1, -0.05) is 25.5 Å². The normalized spacial score (nSPS) is 48.6. The Morgan fingerprint density at radius 1 is 1.18 bits per heavy atom. The molecule has 4 rings (SSSR count). The number of carbonyl (C=O) groups excluding carboxylic acids is 1. The zero-order valence-corrected chi connectivity index (χ0v) is 13.6. The molecule has 0 spiro atoms. The molecule has 0 aliphatic heterocycles. The Morgan fingerprint density at radius 3 is 2.77 bits per heavy atom. The van der Waals surface area contributed by atoms with E-state index in [0.29, 0.717) is 23.5 Å². The van der Waals surface area contributed by atoms with Crippen LogP contribution in [0.15, 0.2) is 28.9 Å². The van der Waals surface area contributed by atoms with Crippen LogP contribution in [0.3, 0.4) is 0 Å². The van der Waals surface area contributed by atoms with Crippen LogP contribution in [-0.2, 0) is 4.79 Å². The van der Waals surface area contributed by atoms with E-state index in [1.54, 1.807) is 0 Å². The molecule has 0 unspecified atom stereocenters. The molecule has 4 aliphatic rings. The summed E-state index contributed by atoms with van der Waals surface area (Å²) in [5, 5.41) is 3.86. The van der Waals surface area contributed by atoms with Crippen molar-refractivity contribution in [3.05, 3.63) is 23.8 Å². The Kier molecular flexibility index (Phi) is 2.95. The second-order valence-corrected chi connectivity index (χ2v) is 8.17. The summed E-state index contributed by atoms with van der Waals surface area (Å²) in [5.74, 6) is 7.97. The molecule has 0 radical (unpaired) electrons. The molecular weight excluding hydrogens is 272 g/mol. The van der Waals surface area contributed by atoms with Gasteiger partial charge in [-0.15, -0.1) is 0 Å². The summed E-state index contributed by atoms with van der Waals surface area (Å²) in [7, 11) is 0. The van der Waals surface area contributed by atoms with Crippen molar-refractivity contribution in [1.82, 2.24) is 0 Å². The predicted molar refractivity (Wildman–Crippen MR) is 88.2 cm³/mol. The molecule has 3 nitrogen and oxygen atoms in total. The molecule has 3 fully saturated rings. The van der Waals surface area contributed by atoms with E-state index in [9.17, 15) is 4.79 Å². The largest absolute Gasteiger partial charge is 0.323 e. The maximum absolute atomic E-state index is 12.4. The molecule has 0 heterocycles. The van der Waals surface area contributed by atoms with E-state index in [1.165, 1.54) is 18.4 Å². The molecule has 0 aromatic rings. The number of hydrogen-bond acceptors (Lipinski definition) is 3. The minimum Gasteiger partial charge on any atom is -0.323 e. The summed E-state index contributed by atoms with van der Waals surface area (Å²) in [5.41, 5.74) is 2.50. The maximum Gasteiger partial charge on any atom is 0.139 e. The van der Waals surface area contributed by atoms with Crippen molar-refractivity contribution >= 4 is 11.5 Å². The van der Waals surface area contributed by atoms with Crippen molar-refractivity contribution in [2.24, 2.45) is 39.5 Å². The molecule has 22 heavy (non-hydrogen) atoms. The van der Waals surface area contributed by atoms with Crippen molar-refractivity contribution in [2.75, 3.05) is 0 Å². The quantitative estimate of drug-likeness (QED) is 0.548. The number of hydrogen-bond donors (Lipinski definition) is 1. The summed E-state index contributed by atoms with van der Waals surface area (Å²) in [4.78, 5) is 12.4. The Hall–Kier alpha value is -1.38. The first-order chi connectivity index (χ1) is 10.5. The van der Waals surface area contributed by atoms with Gasteiger partial charge in [-0.05, 0) is 62.0 Å². The van der Waals surface area contributed by atoms with E-state index in [2.05, 4.69) is 37.2 Å². The third kappa shape index (κ3) is 1.68. The number of nitrogens with zero attached hydrogens (tertiary/aromatic N) is 1. The minimum atomic E-state index is -0.0268. The number of nitrogens with two attached hydrogens (primary N) is 1. The Bertz CT molecular complexity index is 617. The van der Waals surface area contributed by atoms with Crippen molar-refractivity contribution in [1.29, 1.82) is 0 Å². The van der Waals surface area contributed by atoms with E-state index >= 15 is 0 Å². The summed E-state index contributed by atoms with van der Waals surface area (Å²) in [6.45, 7) is 4.63. The predicted octanol–water partition coefficient (Wildman–Crippen LogP) is 3.61. The third-order valence-electron chi connectivity index (χ3n) is 7.43. The van der Waals surface area contributed by atoms with Gasteiger partial charge in [-0.2, -0.15) is 5.10 Å². The third-order valence-corrected chi connectivity index (χ3v) is 7.43. The summed E-state index contributed by atoms with van der Waals surface area (Å²) in [6, 6.07) is 0. The second kappa shape index (κ2) is 4.56. The van der Waals surface area contributed by atoms with Crippen LogP contribution in [0.1, 0.15) is 52.4 Å². The maximum atomic E-state index is 12.4. The van der Waals surface area contributed by atoms with Crippen LogP contribution in [0.4, 0.5) is 0 Å². The van der Waals surface area contributed by atoms with Crippen LogP contribution in [0.5, 0.6) is 0 Å². The van der Waals surface area contributed by atoms with E-state index in [-0.39, 0.29) is 10.8 Å². The molecule has 4 aliphatic carbocycles. The van der Waals surface area contributed by atoms with Crippen LogP contribution in [0, 0.1) is 28.6 Å². The van der Waals surface area contributed by atoms with Gasteiger partial charge < -0.3 is 5.84 Å². The first-order valence-electron chi connectivity index (χ1n) is 8.70. The molecule has 0 aromatic heterocycles. The zero-order valence-electron chi connectivity index (χ0n) is 13.6. The monoisotopic (exact) mass is 298 g/mol. The van der Waals surface area contributed by atoms with Crippen LogP contribution >= 0.6 is 0 Å². The lowest BCUT2D eigenvalue weighted by molar-refractivity contribution is -0.131. The van der Waals surface area contributed by atoms with Gasteiger partial charge in [-0.25, -0.2) is 0 Å². The van der Waals surface area contributed by atoms with Gasteiger partial charge in [0.15, 0.2) is 0 Å². The lowest BCUT2D eigenvalue weighted by Gasteiger charge is -2.55. The van der Waals surface area contributed by atoms with E-state index in [0.717, 1.165) is 31.4 Å². The zero-order chi connectivity index (χ0) is 15.5. The van der Waals surface area contributed by atoms with Crippen molar-refractivity contribution in [3.8, 4) is 0 Å². The second-order valence-electron chi connectivity index (χ2n) is 8.17. The molecule has 0 bridgehead atoms. The Labute approximate surface area is 132 Å². The highest BCUT2D eigenvalue weighted by Crippen LogP contribution is 2.63. The van der Waals surface area contributed by atoms with Gasteiger partial charge >= 0.3 is 0 Å². The fourth-order valence-electron chi connectivity index (χ4n) is 6.06. The highest BCUT2D eigenvalue weighted by molar-refractivity contribution is 6.05. The SMILES string of the molecule is C[C@]12C=C/C(=N/N)C=C1CC[C@@H]1[C@@H]2CC[C@]2(C)C(=O)CC[C@@H]12. The van der Waals surface area contributed by atoms with Crippen molar-refractivity contribution in [3.63, 3.8) is 0 Å². The summed E-state index contributed by atoms with van der Waals surface area (Å²) < 4.78 is 0. The molecule has 0 aromatic carbocycles. The molecule has 0 saturated heterocycles. The molecule has 2 N–H and O–H groups in total. The van der Waals surface area contributed by atoms with Gasteiger partial charge in [0, 0.05) is 17.3 Å². The van der Waals surface area contributed by atoms with E-state index in [1.807, 2.05) is 0 Å². The standard InChI is InChI=1S/C19H26N2O/c1-18-9-7-13(21-20)11-12(18)3-4-14-15-5-6-17(22)19(15,2)10-8-16(14)18/h7,9,11,14-16H,3-6,8,10,20H2,1-2H3/b21-13-/t14-,15-,16-,18-,19-/m0/s1. The molecule has 3 saturated carbocycles. The smallest absolute Gasteiger partial charge is 0.139 e. The van der Waals surface area contributed by atoms with Gasteiger partial charge in [0.05, 0.1) is 5.71 Å². The number of Topliss-reactive ketones (excluding diaryl/α,β-unsaturated/α-hetero) is 1.